The van der Waals surface area contributed by atoms with E-state index in [1.807, 2.05) is 0 Å². The Morgan fingerprint density at radius 2 is 1.86 bits per heavy atom. The van der Waals surface area contributed by atoms with Crippen LogP contribution >= 0.6 is 0 Å². The van der Waals surface area contributed by atoms with Crippen LogP contribution in [-0.4, -0.2) is 29.6 Å². The molecule has 5 nitrogen and oxygen atoms in total. The van der Waals surface area contributed by atoms with Crippen LogP contribution in [0.1, 0.15) is 20.8 Å². The molecule has 0 aliphatic rings. The second-order valence-electron chi connectivity index (χ2n) is 3.71. The Labute approximate surface area is 83.7 Å². The molecular formula is C9H18N2O3. The Bertz CT molecular complexity index is 216. The Morgan fingerprint density at radius 1 is 1.36 bits per heavy atom. The fourth-order valence-corrected chi connectivity index (χ4v) is 0.916. The topological polar surface area (TPSA) is 92.4 Å². The van der Waals surface area contributed by atoms with Gasteiger partial charge in [-0.2, -0.15) is 0 Å². The molecular weight excluding hydrogens is 184 g/mol. The van der Waals surface area contributed by atoms with E-state index in [2.05, 4.69) is 5.32 Å². The van der Waals surface area contributed by atoms with E-state index in [0.717, 1.165) is 0 Å². The summed E-state index contributed by atoms with van der Waals surface area (Å²) in [7, 11) is 0. The molecule has 0 saturated carbocycles. The van der Waals surface area contributed by atoms with E-state index in [-0.39, 0.29) is 24.3 Å². The predicted molar refractivity (Wildman–Crippen MR) is 52.6 cm³/mol. The Hall–Kier alpha value is -1.10. The van der Waals surface area contributed by atoms with Gasteiger partial charge in [-0.3, -0.25) is 4.79 Å². The van der Waals surface area contributed by atoms with Gasteiger partial charge in [0.25, 0.3) is 0 Å². The number of carbonyl (C=O) groups is 2. The normalized spacial score (nSPS) is 14.9. The van der Waals surface area contributed by atoms with Gasteiger partial charge in [-0.15, -0.1) is 0 Å². The molecule has 5 heteroatoms. The quantitative estimate of drug-likeness (QED) is 0.576. The highest BCUT2D eigenvalue weighted by molar-refractivity contribution is 5.85. The number of hydrogen-bond acceptors (Lipinski definition) is 3. The summed E-state index contributed by atoms with van der Waals surface area (Å²) in [6.45, 7) is 5.36. The van der Waals surface area contributed by atoms with Crippen molar-refractivity contribution in [3.8, 4) is 0 Å². The van der Waals surface area contributed by atoms with Gasteiger partial charge in [-0.1, -0.05) is 20.8 Å². The van der Waals surface area contributed by atoms with Crippen molar-refractivity contribution in [1.82, 2.24) is 5.32 Å². The number of hydrogen-bond donors (Lipinski definition) is 3. The van der Waals surface area contributed by atoms with Crippen LogP contribution in [0.3, 0.4) is 0 Å². The largest absolute Gasteiger partial charge is 0.480 e. The third-order valence-electron chi connectivity index (χ3n) is 2.03. The summed E-state index contributed by atoms with van der Waals surface area (Å²) in [5, 5.41) is 11.2. The summed E-state index contributed by atoms with van der Waals surface area (Å²) in [5.74, 6) is -1.82. The molecule has 0 aromatic heterocycles. The summed E-state index contributed by atoms with van der Waals surface area (Å²) in [4.78, 5) is 22.1. The summed E-state index contributed by atoms with van der Waals surface area (Å²) in [5.41, 5.74) is 5.29. The lowest BCUT2D eigenvalue weighted by Crippen LogP contribution is -2.47. The molecule has 0 heterocycles. The first-order chi connectivity index (χ1) is 6.40. The van der Waals surface area contributed by atoms with Crippen LogP contribution in [0.4, 0.5) is 0 Å². The van der Waals surface area contributed by atoms with Crippen LogP contribution < -0.4 is 11.1 Å². The zero-order valence-electron chi connectivity index (χ0n) is 8.78. The maximum absolute atomic E-state index is 11.3. The minimum absolute atomic E-state index is 0.138. The lowest BCUT2D eigenvalue weighted by Gasteiger charge is -2.19. The van der Waals surface area contributed by atoms with Crippen molar-refractivity contribution in [3.63, 3.8) is 0 Å². The molecule has 0 saturated heterocycles. The third kappa shape index (κ3) is 3.74. The Kier molecular flexibility index (Phi) is 5.15. The molecule has 0 aromatic rings. The van der Waals surface area contributed by atoms with Crippen molar-refractivity contribution in [1.29, 1.82) is 0 Å². The molecule has 0 aliphatic carbocycles. The first-order valence-corrected chi connectivity index (χ1v) is 4.63. The van der Waals surface area contributed by atoms with E-state index in [4.69, 9.17) is 10.8 Å². The maximum atomic E-state index is 11.3. The van der Waals surface area contributed by atoms with Gasteiger partial charge in [-0.05, 0) is 5.92 Å². The second kappa shape index (κ2) is 5.59. The molecule has 1 amide bonds. The summed E-state index contributed by atoms with van der Waals surface area (Å²) in [6.07, 6.45) is 0. The van der Waals surface area contributed by atoms with Crippen molar-refractivity contribution in [2.45, 2.75) is 26.8 Å². The average molecular weight is 202 g/mol. The van der Waals surface area contributed by atoms with Gasteiger partial charge in [0, 0.05) is 12.5 Å². The van der Waals surface area contributed by atoms with Gasteiger partial charge in [0.15, 0.2) is 0 Å². The van der Waals surface area contributed by atoms with Crippen LogP contribution in [0.25, 0.3) is 0 Å². The van der Waals surface area contributed by atoms with Crippen LogP contribution in [0.5, 0.6) is 0 Å². The molecule has 0 aromatic carbocycles. The summed E-state index contributed by atoms with van der Waals surface area (Å²) < 4.78 is 0. The van der Waals surface area contributed by atoms with E-state index >= 15 is 0 Å². The van der Waals surface area contributed by atoms with E-state index in [1.54, 1.807) is 20.8 Å². The molecule has 0 fully saturated rings. The van der Waals surface area contributed by atoms with E-state index in [0.29, 0.717) is 0 Å². The van der Waals surface area contributed by atoms with Crippen molar-refractivity contribution in [3.05, 3.63) is 0 Å². The molecule has 0 aliphatic heterocycles. The van der Waals surface area contributed by atoms with Crippen LogP contribution in [0.15, 0.2) is 0 Å². The second-order valence-corrected chi connectivity index (χ2v) is 3.71. The zero-order chi connectivity index (χ0) is 11.3. The number of carboxylic acids is 1. The lowest BCUT2D eigenvalue weighted by molar-refractivity contribution is -0.143. The van der Waals surface area contributed by atoms with Crippen molar-refractivity contribution < 1.29 is 14.7 Å². The number of nitrogens with two attached hydrogens (primary N) is 1. The highest BCUT2D eigenvalue weighted by Gasteiger charge is 2.24. The SMILES string of the molecule is CC(CN)C(=O)NC(C(=O)O)C(C)C. The Balaban J connectivity index is 4.31. The number of amides is 1. The molecule has 0 spiro atoms. The predicted octanol–water partition coefficient (Wildman–Crippen LogP) is -0.193. The zero-order valence-corrected chi connectivity index (χ0v) is 8.78. The molecule has 0 bridgehead atoms. The minimum atomic E-state index is -1.02. The summed E-state index contributed by atoms with van der Waals surface area (Å²) in [6, 6.07) is -0.837. The van der Waals surface area contributed by atoms with Gasteiger partial charge in [0.2, 0.25) is 5.91 Å². The van der Waals surface area contributed by atoms with Crippen molar-refractivity contribution >= 4 is 11.9 Å². The monoisotopic (exact) mass is 202 g/mol. The highest BCUT2D eigenvalue weighted by Crippen LogP contribution is 2.03. The first-order valence-electron chi connectivity index (χ1n) is 4.63. The number of carbonyl (C=O) groups excluding carboxylic acids is 1. The molecule has 14 heavy (non-hydrogen) atoms. The fraction of sp³-hybridized carbons (Fsp3) is 0.778. The standard InChI is InChI=1S/C9H18N2O3/c1-5(2)7(9(13)14)11-8(12)6(3)4-10/h5-7H,4,10H2,1-3H3,(H,11,12)(H,13,14). The number of aliphatic carboxylic acids is 1. The first kappa shape index (κ1) is 12.9. The molecule has 2 unspecified atom stereocenters. The smallest absolute Gasteiger partial charge is 0.326 e. The molecule has 0 rings (SSSR count). The minimum Gasteiger partial charge on any atom is -0.480 e. The summed E-state index contributed by atoms with van der Waals surface area (Å²) >= 11 is 0. The molecule has 82 valence electrons. The van der Waals surface area contributed by atoms with E-state index in [1.165, 1.54) is 0 Å². The van der Waals surface area contributed by atoms with Gasteiger partial charge >= 0.3 is 5.97 Å². The van der Waals surface area contributed by atoms with Gasteiger partial charge < -0.3 is 16.2 Å². The maximum Gasteiger partial charge on any atom is 0.326 e. The average Bonchev–Trinajstić information content (AvgIpc) is 2.11. The molecule has 2 atom stereocenters. The van der Waals surface area contributed by atoms with Crippen LogP contribution in [-0.2, 0) is 9.59 Å². The van der Waals surface area contributed by atoms with Gasteiger partial charge in [-0.25, -0.2) is 4.79 Å². The van der Waals surface area contributed by atoms with Crippen LogP contribution in [0.2, 0.25) is 0 Å². The number of nitrogens with one attached hydrogen (secondary N) is 1. The van der Waals surface area contributed by atoms with E-state index in [9.17, 15) is 9.59 Å². The van der Waals surface area contributed by atoms with E-state index < -0.39 is 12.0 Å². The molecule has 4 N–H and O–H groups in total. The number of carboxylic acid groups (broad SMARTS) is 1. The van der Waals surface area contributed by atoms with Crippen molar-refractivity contribution in [2.75, 3.05) is 6.54 Å². The van der Waals surface area contributed by atoms with Gasteiger partial charge in [0.05, 0.1) is 0 Å². The third-order valence-corrected chi connectivity index (χ3v) is 2.03. The molecule has 0 radical (unpaired) electrons. The highest BCUT2D eigenvalue weighted by atomic mass is 16.4. The number of rotatable bonds is 5. The van der Waals surface area contributed by atoms with Crippen LogP contribution in [0, 0.1) is 11.8 Å². The Morgan fingerprint density at radius 3 is 2.14 bits per heavy atom. The van der Waals surface area contributed by atoms with Gasteiger partial charge in [0.1, 0.15) is 6.04 Å². The van der Waals surface area contributed by atoms with Crippen molar-refractivity contribution in [2.24, 2.45) is 17.6 Å². The fourth-order valence-electron chi connectivity index (χ4n) is 0.916. The lowest BCUT2D eigenvalue weighted by atomic mass is 10.0.